The molecule has 0 saturated heterocycles. The van der Waals surface area contributed by atoms with Crippen molar-refractivity contribution in [1.29, 1.82) is 5.26 Å². The average Bonchev–Trinajstić information content (AvgIpc) is 3.34. The number of carbonyl (C=O) groups excluding carboxylic acids is 1. The van der Waals surface area contributed by atoms with Crippen LogP contribution >= 0.6 is 11.3 Å². The van der Waals surface area contributed by atoms with Gasteiger partial charge in [-0.1, -0.05) is 12.1 Å². The summed E-state index contributed by atoms with van der Waals surface area (Å²) < 4.78 is 19.7. The predicted octanol–water partition coefficient (Wildman–Crippen LogP) is 5.24. The Kier molecular flexibility index (Phi) is 4.70. The number of furan rings is 1. The molecule has 1 amide bonds. The monoisotopic (exact) mass is 389 g/mol. The van der Waals surface area contributed by atoms with Crippen molar-refractivity contribution in [3.63, 3.8) is 0 Å². The Hall–Kier alpha value is -3.76. The summed E-state index contributed by atoms with van der Waals surface area (Å²) in [4.78, 5) is 16.8. The first-order chi connectivity index (χ1) is 13.6. The molecule has 28 heavy (non-hydrogen) atoms. The van der Waals surface area contributed by atoms with Crippen LogP contribution in [-0.4, -0.2) is 10.9 Å². The predicted molar refractivity (Wildman–Crippen MR) is 106 cm³/mol. The Labute approximate surface area is 163 Å². The number of fused-ring (bicyclic) bond motifs is 1. The van der Waals surface area contributed by atoms with Crippen LogP contribution in [0.2, 0.25) is 0 Å². The van der Waals surface area contributed by atoms with Crippen LogP contribution in [0.25, 0.3) is 27.1 Å². The minimum Gasteiger partial charge on any atom is -0.454 e. The fourth-order valence-corrected chi connectivity index (χ4v) is 3.47. The van der Waals surface area contributed by atoms with E-state index in [1.165, 1.54) is 41.7 Å². The number of hydrogen-bond donors (Lipinski definition) is 1. The van der Waals surface area contributed by atoms with Crippen LogP contribution in [0, 0.1) is 17.1 Å². The van der Waals surface area contributed by atoms with Crippen molar-refractivity contribution in [3.8, 4) is 16.8 Å². The summed E-state index contributed by atoms with van der Waals surface area (Å²) in [6.07, 6.45) is 1.36. The molecule has 0 aliphatic heterocycles. The second-order valence-corrected chi connectivity index (χ2v) is 6.85. The second-order valence-electron chi connectivity index (χ2n) is 5.82. The van der Waals surface area contributed by atoms with Crippen molar-refractivity contribution in [2.24, 2.45) is 0 Å². The smallest absolute Gasteiger partial charge is 0.266 e. The number of nitriles is 1. The zero-order chi connectivity index (χ0) is 19.5. The zero-order valence-electron chi connectivity index (χ0n) is 14.3. The standard InChI is InChI=1S/C21H12FN3O2S/c22-14-5-7-15(8-6-14)24-20(26)13(12-23)11-16-9-10-18(27-16)21-25-17-3-1-2-4-19(17)28-21/h1-11H,(H,24,26)/b13-11+. The van der Waals surface area contributed by atoms with Gasteiger partial charge in [0.15, 0.2) is 10.8 Å². The van der Waals surface area contributed by atoms with Crippen LogP contribution in [0.1, 0.15) is 5.76 Å². The number of halogens is 1. The molecular weight excluding hydrogens is 377 g/mol. The Morgan fingerprint density at radius 1 is 1.14 bits per heavy atom. The van der Waals surface area contributed by atoms with Gasteiger partial charge in [-0.25, -0.2) is 9.37 Å². The molecule has 4 aromatic rings. The molecule has 0 saturated carbocycles. The molecule has 0 bridgehead atoms. The highest BCUT2D eigenvalue weighted by Crippen LogP contribution is 2.31. The van der Waals surface area contributed by atoms with Crippen molar-refractivity contribution < 1.29 is 13.6 Å². The SMILES string of the molecule is N#C/C(=C\c1ccc(-c2nc3ccccc3s2)o1)C(=O)Nc1ccc(F)cc1. The number of nitrogens with zero attached hydrogens (tertiary/aromatic N) is 2. The molecule has 4 rings (SSSR count). The topological polar surface area (TPSA) is 78.9 Å². The van der Waals surface area contributed by atoms with Crippen LogP contribution in [0.4, 0.5) is 10.1 Å². The number of aromatic nitrogens is 1. The maximum Gasteiger partial charge on any atom is 0.266 e. The summed E-state index contributed by atoms with van der Waals surface area (Å²) in [5.74, 6) is -0.0946. The van der Waals surface area contributed by atoms with E-state index in [4.69, 9.17) is 4.42 Å². The average molecular weight is 389 g/mol. The zero-order valence-corrected chi connectivity index (χ0v) is 15.2. The van der Waals surface area contributed by atoms with E-state index in [1.54, 1.807) is 12.1 Å². The molecular formula is C21H12FN3O2S. The van der Waals surface area contributed by atoms with Crippen LogP contribution in [0.15, 0.2) is 70.7 Å². The Morgan fingerprint density at radius 2 is 1.93 bits per heavy atom. The normalized spacial score (nSPS) is 11.4. The summed E-state index contributed by atoms with van der Waals surface area (Å²) in [7, 11) is 0. The minimum atomic E-state index is -0.605. The first kappa shape index (κ1) is 17.6. The number of thiazole rings is 1. The fourth-order valence-electron chi connectivity index (χ4n) is 2.55. The van der Waals surface area contributed by atoms with Gasteiger partial charge < -0.3 is 9.73 Å². The van der Waals surface area contributed by atoms with E-state index < -0.39 is 11.7 Å². The highest BCUT2D eigenvalue weighted by molar-refractivity contribution is 7.21. The maximum atomic E-state index is 13.0. The maximum absolute atomic E-state index is 13.0. The number of nitrogens with one attached hydrogen (secondary N) is 1. The molecule has 0 unspecified atom stereocenters. The number of rotatable bonds is 4. The number of carbonyl (C=O) groups is 1. The van der Waals surface area contributed by atoms with E-state index in [-0.39, 0.29) is 5.57 Å². The first-order valence-corrected chi connectivity index (χ1v) is 9.08. The highest BCUT2D eigenvalue weighted by Gasteiger charge is 2.13. The van der Waals surface area contributed by atoms with Gasteiger partial charge in [0, 0.05) is 11.8 Å². The molecule has 0 aliphatic carbocycles. The number of benzene rings is 2. The van der Waals surface area contributed by atoms with Crippen molar-refractivity contribution in [2.75, 3.05) is 5.32 Å². The van der Waals surface area contributed by atoms with E-state index >= 15 is 0 Å². The van der Waals surface area contributed by atoms with Gasteiger partial charge in [-0.3, -0.25) is 4.79 Å². The van der Waals surface area contributed by atoms with Crippen molar-refractivity contribution in [1.82, 2.24) is 4.98 Å². The third-order valence-corrected chi connectivity index (χ3v) is 4.94. The summed E-state index contributed by atoms with van der Waals surface area (Å²) in [6.45, 7) is 0. The molecule has 2 aromatic carbocycles. The van der Waals surface area contributed by atoms with Crippen LogP contribution in [-0.2, 0) is 4.79 Å². The molecule has 0 spiro atoms. The second kappa shape index (κ2) is 7.47. The summed E-state index contributed by atoms with van der Waals surface area (Å²) in [5.41, 5.74) is 1.14. The molecule has 2 heterocycles. The largest absolute Gasteiger partial charge is 0.454 e. The van der Waals surface area contributed by atoms with Crippen molar-refractivity contribution >= 4 is 39.2 Å². The Balaban J connectivity index is 1.56. The van der Waals surface area contributed by atoms with E-state index in [1.807, 2.05) is 30.3 Å². The number of hydrogen-bond acceptors (Lipinski definition) is 5. The van der Waals surface area contributed by atoms with E-state index in [0.717, 1.165) is 15.2 Å². The molecule has 0 aliphatic rings. The molecule has 0 radical (unpaired) electrons. The summed E-state index contributed by atoms with van der Waals surface area (Å²) in [6, 6.07) is 18.3. The lowest BCUT2D eigenvalue weighted by molar-refractivity contribution is -0.112. The van der Waals surface area contributed by atoms with E-state index in [9.17, 15) is 14.4 Å². The number of anilines is 1. The lowest BCUT2D eigenvalue weighted by Crippen LogP contribution is -2.13. The van der Waals surface area contributed by atoms with Crippen LogP contribution in [0.5, 0.6) is 0 Å². The third-order valence-electron chi connectivity index (χ3n) is 3.89. The highest BCUT2D eigenvalue weighted by atomic mass is 32.1. The van der Waals surface area contributed by atoms with Crippen LogP contribution in [0.3, 0.4) is 0 Å². The van der Waals surface area contributed by atoms with Gasteiger partial charge in [-0.15, -0.1) is 11.3 Å². The van der Waals surface area contributed by atoms with Gasteiger partial charge in [-0.05, 0) is 48.5 Å². The van der Waals surface area contributed by atoms with Crippen LogP contribution < -0.4 is 5.32 Å². The minimum absolute atomic E-state index is 0.130. The number of amides is 1. The molecule has 0 atom stereocenters. The van der Waals surface area contributed by atoms with Gasteiger partial charge in [0.25, 0.3) is 5.91 Å². The van der Waals surface area contributed by atoms with E-state index in [0.29, 0.717) is 17.2 Å². The van der Waals surface area contributed by atoms with E-state index in [2.05, 4.69) is 10.3 Å². The van der Waals surface area contributed by atoms with Gasteiger partial charge in [-0.2, -0.15) is 5.26 Å². The number of para-hydroxylation sites is 1. The lowest BCUT2D eigenvalue weighted by atomic mass is 10.2. The summed E-state index contributed by atoms with van der Waals surface area (Å²) in [5, 5.41) is 12.6. The third kappa shape index (κ3) is 3.68. The molecule has 0 fully saturated rings. The first-order valence-electron chi connectivity index (χ1n) is 8.27. The van der Waals surface area contributed by atoms with Gasteiger partial charge in [0.2, 0.25) is 0 Å². The van der Waals surface area contributed by atoms with Gasteiger partial charge >= 0.3 is 0 Å². The Bertz CT molecular complexity index is 1200. The summed E-state index contributed by atoms with van der Waals surface area (Å²) >= 11 is 1.50. The molecule has 7 heteroatoms. The quantitative estimate of drug-likeness (QED) is 0.382. The van der Waals surface area contributed by atoms with Crippen molar-refractivity contribution in [3.05, 3.63) is 77.8 Å². The Morgan fingerprint density at radius 3 is 2.68 bits per heavy atom. The van der Waals surface area contributed by atoms with Gasteiger partial charge in [0.1, 0.15) is 23.2 Å². The van der Waals surface area contributed by atoms with Gasteiger partial charge in [0.05, 0.1) is 10.2 Å². The molecule has 2 aromatic heterocycles. The van der Waals surface area contributed by atoms with Crippen molar-refractivity contribution in [2.45, 2.75) is 0 Å². The molecule has 136 valence electrons. The fraction of sp³-hybridized carbons (Fsp3) is 0. The molecule has 1 N–H and O–H groups in total. The lowest BCUT2D eigenvalue weighted by Gasteiger charge is -2.03. The molecule has 5 nitrogen and oxygen atoms in total.